The first-order valence-electron chi connectivity index (χ1n) is 29.9. The van der Waals surface area contributed by atoms with Gasteiger partial charge in [-0.1, -0.05) is 247 Å². The van der Waals surface area contributed by atoms with Gasteiger partial charge in [0.15, 0.2) is 0 Å². The van der Waals surface area contributed by atoms with Crippen molar-refractivity contribution in [3.05, 3.63) is 59.7 Å². The van der Waals surface area contributed by atoms with E-state index in [1.54, 1.807) is 48.5 Å². The average molecular weight is 1000 g/mol. The highest BCUT2D eigenvalue weighted by molar-refractivity contribution is 5.98. The van der Waals surface area contributed by atoms with E-state index < -0.39 is 12.1 Å². The molecule has 0 radical (unpaired) electrons. The molecule has 10 heteroatoms. The number of nitrogens with zero attached hydrogens (tertiary/aromatic N) is 2. The lowest BCUT2D eigenvalue weighted by Gasteiger charge is -2.23. The highest BCUT2D eigenvalue weighted by Gasteiger charge is 2.27. The van der Waals surface area contributed by atoms with Crippen LogP contribution >= 0.6 is 0 Å². The molecule has 2 aromatic rings. The van der Waals surface area contributed by atoms with Crippen LogP contribution in [0.3, 0.4) is 0 Å². The zero-order chi connectivity index (χ0) is 52.3. The van der Waals surface area contributed by atoms with E-state index in [1.165, 1.54) is 180 Å². The van der Waals surface area contributed by atoms with Gasteiger partial charge in [-0.25, -0.2) is 0 Å². The van der Waals surface area contributed by atoms with Gasteiger partial charge in [0.25, 0.3) is 11.8 Å². The van der Waals surface area contributed by atoms with Crippen LogP contribution in [0.15, 0.2) is 58.8 Å². The lowest BCUT2D eigenvalue weighted by Crippen LogP contribution is -2.50. The zero-order valence-electron chi connectivity index (χ0n) is 46.9. The molecule has 10 nitrogen and oxygen atoms in total. The Kier molecular flexibility index (Phi) is 38.5. The van der Waals surface area contributed by atoms with Gasteiger partial charge in [-0.2, -0.15) is 10.2 Å². The van der Waals surface area contributed by atoms with E-state index in [9.17, 15) is 19.2 Å². The summed E-state index contributed by atoms with van der Waals surface area (Å²) in [7, 11) is 0. The Morgan fingerprint density at radius 2 is 0.597 bits per heavy atom. The Bertz CT molecular complexity index is 1570. The molecule has 0 spiro atoms. The van der Waals surface area contributed by atoms with Crippen LogP contribution in [0.5, 0.6) is 0 Å². The molecule has 0 aromatic heterocycles. The lowest BCUT2D eigenvalue weighted by atomic mass is 9.97. The van der Waals surface area contributed by atoms with Gasteiger partial charge in [-0.05, 0) is 73.2 Å². The third-order valence-corrected chi connectivity index (χ3v) is 14.8. The summed E-state index contributed by atoms with van der Waals surface area (Å²) in [6, 6.07) is 12.4. The summed E-state index contributed by atoms with van der Waals surface area (Å²) in [5.41, 5.74) is 2.00. The summed E-state index contributed by atoms with van der Waals surface area (Å²) in [6.45, 7) is 13.8. The Hall–Kier alpha value is -4.08. The Morgan fingerprint density at radius 1 is 0.361 bits per heavy atom. The largest absolute Gasteiger partial charge is 0.354 e. The Labute approximate surface area is 440 Å². The number of benzene rings is 2. The van der Waals surface area contributed by atoms with E-state index in [1.807, 2.05) is 27.7 Å². The quantitative estimate of drug-likeness (QED) is 0.0387. The fourth-order valence-corrected chi connectivity index (χ4v) is 9.32. The Morgan fingerprint density at radius 3 is 0.833 bits per heavy atom. The molecule has 72 heavy (non-hydrogen) atoms. The minimum atomic E-state index is -0.621. The van der Waals surface area contributed by atoms with Gasteiger partial charge in [0.2, 0.25) is 11.8 Å². The minimum Gasteiger partial charge on any atom is -0.354 e. The van der Waals surface area contributed by atoms with Crippen LogP contribution in [0.4, 0.5) is 11.4 Å². The fraction of sp³-hybridized carbons (Fsp3) is 0.742. The normalized spacial score (nSPS) is 13.1. The molecular weight excluding hydrogens is 893 g/mol. The fourth-order valence-electron chi connectivity index (χ4n) is 9.32. The molecule has 0 aliphatic carbocycles. The van der Waals surface area contributed by atoms with E-state index in [2.05, 4.69) is 45.3 Å². The summed E-state index contributed by atoms with van der Waals surface area (Å²) in [5.74, 6) is -0.921. The van der Waals surface area contributed by atoms with Crippen molar-refractivity contribution in [1.29, 1.82) is 0 Å². The minimum absolute atomic E-state index is 0.0190. The van der Waals surface area contributed by atoms with Gasteiger partial charge in [0, 0.05) is 24.2 Å². The topological polar surface area (TPSA) is 141 Å². The van der Waals surface area contributed by atoms with Crippen LogP contribution in [0.25, 0.3) is 0 Å². The predicted octanol–water partition coefficient (Wildman–Crippen LogP) is 17.1. The summed E-state index contributed by atoms with van der Waals surface area (Å²) < 4.78 is 0. The van der Waals surface area contributed by atoms with E-state index in [0.29, 0.717) is 35.6 Å². The molecule has 0 fully saturated rings. The van der Waals surface area contributed by atoms with Gasteiger partial charge in [0.1, 0.15) is 12.1 Å². The molecule has 4 amide bonds. The first-order chi connectivity index (χ1) is 35.1. The van der Waals surface area contributed by atoms with Gasteiger partial charge in [-0.15, -0.1) is 0 Å². The van der Waals surface area contributed by atoms with Crippen molar-refractivity contribution >= 4 is 35.0 Å². The van der Waals surface area contributed by atoms with Crippen molar-refractivity contribution in [3.63, 3.8) is 0 Å². The van der Waals surface area contributed by atoms with Crippen LogP contribution in [-0.2, 0) is 9.59 Å². The zero-order valence-corrected chi connectivity index (χ0v) is 46.9. The van der Waals surface area contributed by atoms with Crippen molar-refractivity contribution in [2.75, 3.05) is 13.1 Å². The van der Waals surface area contributed by atoms with Crippen molar-refractivity contribution in [1.82, 2.24) is 21.3 Å². The molecule has 2 aromatic carbocycles. The molecule has 0 heterocycles. The van der Waals surface area contributed by atoms with Crippen molar-refractivity contribution < 1.29 is 19.2 Å². The first-order valence-corrected chi connectivity index (χ1v) is 29.9. The standard InChI is InChI=1S/C62H106N6O4/c1-7-11-13-15-17-19-21-23-25-27-29-31-33-35-37-39-49-63-61(71)57(51(5)9-3)65-59(69)53-41-45-55(46-42-53)67-68-56-47-43-54(44-48-56)60(70)66-58(52(6)10-4)62(72)64-50-40-38-36-34-32-30-28-26-24-22-20-18-16-14-12-8-2/h41-48,51-52,57-58H,7-40,49-50H2,1-6H3,(H,63,71)(H,64,72)(H,65,69)(H,66,70)/t51-,52-,57-,58-/m0/s1. The molecular formula is C62H106N6O4. The second kappa shape index (κ2) is 43.3. The summed E-state index contributed by atoms with van der Waals surface area (Å²) in [4.78, 5) is 53.1. The molecule has 0 saturated carbocycles. The number of rotatable bonds is 46. The maximum atomic E-state index is 13.3. The highest BCUT2D eigenvalue weighted by Crippen LogP contribution is 2.21. The van der Waals surface area contributed by atoms with Crippen molar-refractivity contribution in [2.24, 2.45) is 22.1 Å². The maximum absolute atomic E-state index is 13.3. The average Bonchev–Trinajstić information content (AvgIpc) is 3.40. The SMILES string of the molecule is CCCCCCCCCCCCCCCCCCNC(=O)[C@@H](NC(=O)c1ccc(N=Nc2ccc(C(=O)N[C@H](C(=O)NCCCCCCCCCCCCCCCCCC)[C@@H](C)CC)cc2)cc1)[C@@H](C)CC. The summed E-state index contributed by atoms with van der Waals surface area (Å²) >= 11 is 0. The van der Waals surface area contributed by atoms with Crippen LogP contribution in [0.2, 0.25) is 0 Å². The number of nitrogens with one attached hydrogen (secondary N) is 4. The van der Waals surface area contributed by atoms with Crippen LogP contribution in [-0.4, -0.2) is 48.8 Å². The predicted molar refractivity (Wildman–Crippen MR) is 304 cm³/mol. The molecule has 0 unspecified atom stereocenters. The molecule has 0 aliphatic heterocycles. The first kappa shape index (κ1) is 64.0. The summed E-state index contributed by atoms with van der Waals surface area (Å²) in [6.07, 6.45) is 43.5. The van der Waals surface area contributed by atoms with Crippen LogP contribution in [0, 0.1) is 11.8 Å². The monoisotopic (exact) mass is 999 g/mol. The van der Waals surface area contributed by atoms with E-state index in [4.69, 9.17) is 0 Å². The Balaban J connectivity index is 1.68. The van der Waals surface area contributed by atoms with Gasteiger partial charge >= 0.3 is 0 Å². The van der Waals surface area contributed by atoms with Gasteiger partial charge in [0.05, 0.1) is 11.4 Å². The van der Waals surface area contributed by atoms with Gasteiger partial charge < -0.3 is 21.3 Å². The lowest BCUT2D eigenvalue weighted by molar-refractivity contribution is -0.124. The number of hydrogen-bond acceptors (Lipinski definition) is 6. The second-order valence-corrected chi connectivity index (χ2v) is 21.2. The molecule has 408 valence electrons. The number of carbonyl (C=O) groups is 4. The van der Waals surface area contributed by atoms with Gasteiger partial charge in [-0.3, -0.25) is 19.2 Å². The number of hydrogen-bond donors (Lipinski definition) is 4. The smallest absolute Gasteiger partial charge is 0.251 e. The van der Waals surface area contributed by atoms with Crippen molar-refractivity contribution in [3.8, 4) is 0 Å². The van der Waals surface area contributed by atoms with Crippen molar-refractivity contribution in [2.45, 2.75) is 272 Å². The molecule has 0 bridgehead atoms. The highest BCUT2D eigenvalue weighted by atomic mass is 16.2. The molecule has 4 N–H and O–H groups in total. The molecule has 4 atom stereocenters. The molecule has 0 saturated heterocycles. The number of unbranched alkanes of at least 4 members (excludes halogenated alkanes) is 30. The van der Waals surface area contributed by atoms with E-state index >= 15 is 0 Å². The van der Waals surface area contributed by atoms with Crippen LogP contribution < -0.4 is 21.3 Å². The molecule has 0 aliphatic rings. The third kappa shape index (κ3) is 30.8. The number of carbonyl (C=O) groups excluding carboxylic acids is 4. The summed E-state index contributed by atoms with van der Waals surface area (Å²) in [5, 5.41) is 20.8. The number of amides is 4. The molecule has 2 rings (SSSR count). The van der Waals surface area contributed by atoms with Crippen LogP contribution in [0.1, 0.15) is 281 Å². The van der Waals surface area contributed by atoms with E-state index in [0.717, 1.165) is 38.5 Å². The second-order valence-electron chi connectivity index (χ2n) is 21.2. The third-order valence-electron chi connectivity index (χ3n) is 14.8. The maximum Gasteiger partial charge on any atom is 0.251 e. The van der Waals surface area contributed by atoms with E-state index in [-0.39, 0.29) is 35.5 Å². The number of azo groups is 1.